The van der Waals surface area contributed by atoms with Crippen molar-refractivity contribution in [1.82, 2.24) is 9.97 Å². The summed E-state index contributed by atoms with van der Waals surface area (Å²) in [5.41, 5.74) is -1.35. The number of nitrogens with one attached hydrogen (secondary N) is 3. The van der Waals surface area contributed by atoms with E-state index in [1.807, 2.05) is 0 Å². The highest BCUT2D eigenvalue weighted by atomic mass is 19.4. The molecule has 0 fully saturated rings. The predicted molar refractivity (Wildman–Crippen MR) is 117 cm³/mol. The van der Waals surface area contributed by atoms with Gasteiger partial charge in [0, 0.05) is 24.0 Å². The molecule has 3 rings (SSSR count). The first-order valence-electron chi connectivity index (χ1n) is 9.79. The van der Waals surface area contributed by atoms with E-state index in [1.165, 1.54) is 18.5 Å². The number of hydrogen-bond donors (Lipinski definition) is 4. The van der Waals surface area contributed by atoms with E-state index in [0.717, 1.165) is 12.1 Å². The topological polar surface area (TPSA) is 108 Å². The fraction of sp³-hybridized carbons (Fsp3) is 0.227. The lowest BCUT2D eigenvalue weighted by Crippen LogP contribution is -2.29. The number of amides is 2. The Hall–Kier alpha value is -3.86. The molecule has 0 aliphatic heterocycles. The van der Waals surface area contributed by atoms with Gasteiger partial charge in [-0.05, 0) is 56.3 Å². The Kier molecular flexibility index (Phi) is 7.02. The minimum Gasteiger partial charge on any atom is -0.439 e. The van der Waals surface area contributed by atoms with Crippen molar-refractivity contribution >= 4 is 23.2 Å². The van der Waals surface area contributed by atoms with Gasteiger partial charge < -0.3 is 25.8 Å². The smallest absolute Gasteiger partial charge is 0.416 e. The van der Waals surface area contributed by atoms with Gasteiger partial charge in [0.15, 0.2) is 0 Å². The molecule has 1 aromatic heterocycles. The summed E-state index contributed by atoms with van der Waals surface area (Å²) in [7, 11) is 0. The van der Waals surface area contributed by atoms with Gasteiger partial charge in [-0.3, -0.25) is 0 Å². The van der Waals surface area contributed by atoms with Crippen molar-refractivity contribution in [1.29, 1.82) is 0 Å². The van der Waals surface area contributed by atoms with E-state index in [0.29, 0.717) is 17.3 Å². The summed E-state index contributed by atoms with van der Waals surface area (Å²) < 4.78 is 44.0. The maximum Gasteiger partial charge on any atom is 0.416 e. The molecular formula is C22H22F3N5O3. The van der Waals surface area contributed by atoms with Gasteiger partial charge >= 0.3 is 12.2 Å². The highest BCUT2D eigenvalue weighted by molar-refractivity contribution is 5.99. The normalized spacial score (nSPS) is 11.6. The molecule has 0 saturated heterocycles. The Morgan fingerprint density at radius 2 is 1.70 bits per heavy atom. The van der Waals surface area contributed by atoms with Crippen LogP contribution in [-0.4, -0.2) is 33.3 Å². The van der Waals surface area contributed by atoms with Crippen LogP contribution in [0.25, 0.3) is 0 Å². The molecular weight excluding hydrogens is 439 g/mol. The number of hydrogen-bond acceptors (Lipinski definition) is 6. The van der Waals surface area contributed by atoms with Crippen LogP contribution in [0.5, 0.6) is 11.6 Å². The Bertz CT molecular complexity index is 1100. The number of benzene rings is 2. The van der Waals surface area contributed by atoms with Gasteiger partial charge in [-0.1, -0.05) is 6.07 Å². The Morgan fingerprint density at radius 3 is 2.36 bits per heavy atom. The van der Waals surface area contributed by atoms with Crippen molar-refractivity contribution in [2.75, 3.05) is 22.5 Å². The number of alkyl halides is 3. The van der Waals surface area contributed by atoms with Crippen molar-refractivity contribution in [2.45, 2.75) is 25.6 Å². The fourth-order valence-electron chi connectivity index (χ4n) is 2.59. The highest BCUT2D eigenvalue weighted by Crippen LogP contribution is 2.30. The van der Waals surface area contributed by atoms with Crippen LogP contribution in [0.3, 0.4) is 0 Å². The monoisotopic (exact) mass is 461 g/mol. The molecule has 1 heterocycles. The van der Waals surface area contributed by atoms with Crippen LogP contribution in [0.2, 0.25) is 0 Å². The quantitative estimate of drug-likeness (QED) is 0.389. The average Bonchev–Trinajstić information content (AvgIpc) is 2.73. The van der Waals surface area contributed by atoms with Crippen LogP contribution >= 0.6 is 0 Å². The SMILES string of the molecule is CC(C)(O)CNc1cc(Oc2ccc(NC(=O)Nc3cccc(C(F)(F)F)c3)cc2)ncn1. The Morgan fingerprint density at radius 1 is 1.00 bits per heavy atom. The second kappa shape index (κ2) is 9.74. The number of carbonyl (C=O) groups excluding carboxylic acids is 1. The van der Waals surface area contributed by atoms with Crippen molar-refractivity contribution in [3.63, 3.8) is 0 Å². The van der Waals surface area contributed by atoms with Crippen molar-refractivity contribution in [3.05, 3.63) is 66.5 Å². The standard InChI is InChI=1S/C22H22F3N5O3/c1-21(2,32)12-26-18-11-19(28-13-27-18)33-17-8-6-15(7-9-17)29-20(31)30-16-5-3-4-14(10-16)22(23,24)25/h3-11,13,32H,12H2,1-2H3,(H,26,27,28)(H2,29,30,31). The average molecular weight is 461 g/mol. The summed E-state index contributed by atoms with van der Waals surface area (Å²) in [5.74, 6) is 1.18. The summed E-state index contributed by atoms with van der Waals surface area (Å²) in [6.07, 6.45) is -3.18. The maximum absolute atomic E-state index is 12.8. The molecule has 4 N–H and O–H groups in total. The lowest BCUT2D eigenvalue weighted by Gasteiger charge is -2.18. The van der Waals surface area contributed by atoms with E-state index >= 15 is 0 Å². The lowest BCUT2D eigenvalue weighted by atomic mass is 10.1. The minimum absolute atomic E-state index is 0.0139. The molecule has 0 spiro atoms. The van der Waals surface area contributed by atoms with E-state index in [1.54, 1.807) is 44.2 Å². The second-order valence-corrected chi connectivity index (χ2v) is 7.69. The first kappa shape index (κ1) is 23.8. The van der Waals surface area contributed by atoms with Gasteiger partial charge in [-0.2, -0.15) is 13.2 Å². The maximum atomic E-state index is 12.8. The molecule has 11 heteroatoms. The first-order chi connectivity index (χ1) is 15.5. The van der Waals surface area contributed by atoms with Crippen LogP contribution in [0.1, 0.15) is 19.4 Å². The van der Waals surface area contributed by atoms with Gasteiger partial charge in [0.1, 0.15) is 17.9 Å². The number of anilines is 3. The lowest BCUT2D eigenvalue weighted by molar-refractivity contribution is -0.137. The molecule has 174 valence electrons. The molecule has 0 aliphatic rings. The molecule has 0 bridgehead atoms. The largest absolute Gasteiger partial charge is 0.439 e. The van der Waals surface area contributed by atoms with Crippen molar-refractivity contribution in [3.8, 4) is 11.6 Å². The third kappa shape index (κ3) is 7.65. The summed E-state index contributed by atoms with van der Waals surface area (Å²) in [6, 6.07) is 11.5. The summed E-state index contributed by atoms with van der Waals surface area (Å²) in [5, 5.41) is 17.7. The number of rotatable bonds is 7. The number of aliphatic hydroxyl groups is 1. The molecule has 0 radical (unpaired) electrons. The summed E-state index contributed by atoms with van der Waals surface area (Å²) in [6.45, 7) is 3.61. The van der Waals surface area contributed by atoms with Gasteiger partial charge in [0.25, 0.3) is 0 Å². The van der Waals surface area contributed by atoms with Crippen LogP contribution in [0.15, 0.2) is 60.9 Å². The van der Waals surface area contributed by atoms with Crippen LogP contribution < -0.4 is 20.7 Å². The zero-order chi connectivity index (χ0) is 24.1. The van der Waals surface area contributed by atoms with E-state index in [-0.39, 0.29) is 18.1 Å². The Balaban J connectivity index is 1.57. The second-order valence-electron chi connectivity index (χ2n) is 7.69. The first-order valence-corrected chi connectivity index (χ1v) is 9.79. The van der Waals surface area contributed by atoms with E-state index in [9.17, 15) is 23.1 Å². The number of urea groups is 1. The highest BCUT2D eigenvalue weighted by Gasteiger charge is 2.30. The number of carbonyl (C=O) groups is 1. The van der Waals surface area contributed by atoms with E-state index in [2.05, 4.69) is 25.9 Å². The molecule has 2 aromatic carbocycles. The predicted octanol–water partition coefficient (Wildman–Crippen LogP) is 5.11. The Labute approximate surface area is 187 Å². The third-order valence-electron chi connectivity index (χ3n) is 4.13. The number of halogens is 3. The molecule has 0 unspecified atom stereocenters. The van der Waals surface area contributed by atoms with Gasteiger partial charge in [-0.15, -0.1) is 0 Å². The molecule has 8 nitrogen and oxygen atoms in total. The van der Waals surface area contributed by atoms with Crippen LogP contribution in [0, 0.1) is 0 Å². The van der Waals surface area contributed by atoms with Gasteiger partial charge in [0.2, 0.25) is 5.88 Å². The number of ether oxygens (including phenoxy) is 1. The van der Waals surface area contributed by atoms with Crippen LogP contribution in [-0.2, 0) is 6.18 Å². The van der Waals surface area contributed by atoms with Crippen LogP contribution in [0.4, 0.5) is 35.2 Å². The molecule has 0 atom stereocenters. The zero-order valence-corrected chi connectivity index (χ0v) is 17.8. The third-order valence-corrected chi connectivity index (χ3v) is 4.13. The molecule has 0 aliphatic carbocycles. The molecule has 33 heavy (non-hydrogen) atoms. The minimum atomic E-state index is -4.50. The molecule has 0 saturated carbocycles. The fourth-order valence-corrected chi connectivity index (χ4v) is 2.59. The molecule has 2 amide bonds. The van der Waals surface area contributed by atoms with E-state index < -0.39 is 23.4 Å². The van der Waals surface area contributed by atoms with Crippen molar-refractivity contribution in [2.24, 2.45) is 0 Å². The number of aromatic nitrogens is 2. The van der Waals surface area contributed by atoms with Gasteiger partial charge in [0.05, 0.1) is 11.2 Å². The zero-order valence-electron chi connectivity index (χ0n) is 17.8. The molecule has 3 aromatic rings. The summed E-state index contributed by atoms with van der Waals surface area (Å²) in [4.78, 5) is 20.2. The van der Waals surface area contributed by atoms with Crippen molar-refractivity contribution < 1.29 is 27.8 Å². The van der Waals surface area contributed by atoms with E-state index in [4.69, 9.17) is 4.74 Å². The number of nitrogens with zero attached hydrogens (tertiary/aromatic N) is 2. The summed E-state index contributed by atoms with van der Waals surface area (Å²) >= 11 is 0. The van der Waals surface area contributed by atoms with Gasteiger partial charge in [-0.25, -0.2) is 14.8 Å².